The van der Waals surface area contributed by atoms with Gasteiger partial charge in [0, 0.05) is 11.6 Å². The number of hydrogen-bond donors (Lipinski definition) is 0. The summed E-state index contributed by atoms with van der Waals surface area (Å²) in [4.78, 5) is 4.84. The molecule has 0 bridgehead atoms. The molecule has 0 fully saturated rings. The second kappa shape index (κ2) is 9.68. The molecule has 5 aromatic rings. The fraction of sp³-hybridized carbons (Fsp3) is 0.160. The van der Waals surface area contributed by atoms with Crippen molar-refractivity contribution in [2.75, 3.05) is 6.61 Å². The largest absolute Gasteiger partial charge is 0.493 e. The molecule has 0 spiro atoms. The molecule has 166 valence electrons. The van der Waals surface area contributed by atoms with E-state index in [1.807, 2.05) is 67.6 Å². The molecule has 6 nitrogen and oxygen atoms in total. The number of rotatable bonds is 8. The van der Waals surface area contributed by atoms with E-state index in [1.165, 1.54) is 17.3 Å². The number of fused-ring (bicyclic) bond motifs is 1. The van der Waals surface area contributed by atoms with Crippen molar-refractivity contribution in [1.82, 2.24) is 19.7 Å². The van der Waals surface area contributed by atoms with E-state index in [4.69, 9.17) is 25.7 Å². The van der Waals surface area contributed by atoms with Crippen LogP contribution in [-0.4, -0.2) is 26.4 Å². The van der Waals surface area contributed by atoms with Gasteiger partial charge in [0.15, 0.2) is 0 Å². The Balaban J connectivity index is 1.41. The number of benzene rings is 3. The molecule has 2 aromatic heterocycles. The summed E-state index contributed by atoms with van der Waals surface area (Å²) in [6.45, 7) is 3.22. The number of nitrogens with zero attached hydrogens (tertiary/aromatic N) is 4. The van der Waals surface area contributed by atoms with Gasteiger partial charge in [-0.3, -0.25) is 0 Å². The molecule has 33 heavy (non-hydrogen) atoms. The molecule has 0 N–H and O–H groups in total. The molecule has 8 heteroatoms. The van der Waals surface area contributed by atoms with Gasteiger partial charge in [-0.2, -0.15) is 0 Å². The zero-order chi connectivity index (χ0) is 22.6. The van der Waals surface area contributed by atoms with Crippen LogP contribution in [0.1, 0.15) is 18.3 Å². The number of hydrogen-bond acceptors (Lipinski definition) is 6. The topological polar surface area (TPSA) is 66.0 Å². The van der Waals surface area contributed by atoms with Gasteiger partial charge in [-0.25, -0.2) is 4.98 Å². The Morgan fingerprint density at radius 2 is 1.82 bits per heavy atom. The highest BCUT2D eigenvalue weighted by Crippen LogP contribution is 2.32. The predicted octanol–water partition coefficient (Wildman–Crippen LogP) is 6.48. The summed E-state index contributed by atoms with van der Waals surface area (Å²) in [6, 6.07) is 23.8. The molecular formula is C25H21ClN4O2S. The SMILES string of the molecule is CCOc1ccccc1-c1nnc(SCc2nc3cc(Cl)ccc3n2Cc2ccccc2)o1. The number of para-hydroxylation sites is 1. The van der Waals surface area contributed by atoms with Crippen molar-refractivity contribution in [2.45, 2.75) is 24.4 Å². The first kappa shape index (κ1) is 21.6. The summed E-state index contributed by atoms with van der Waals surface area (Å²) in [5, 5.41) is 9.59. The average molecular weight is 477 g/mol. The van der Waals surface area contributed by atoms with Crippen molar-refractivity contribution in [1.29, 1.82) is 0 Å². The lowest BCUT2D eigenvalue weighted by Crippen LogP contribution is -2.04. The van der Waals surface area contributed by atoms with Gasteiger partial charge >= 0.3 is 0 Å². The predicted molar refractivity (Wildman–Crippen MR) is 131 cm³/mol. The van der Waals surface area contributed by atoms with Crippen molar-refractivity contribution < 1.29 is 9.15 Å². The van der Waals surface area contributed by atoms with Gasteiger partial charge in [-0.1, -0.05) is 65.8 Å². The quantitative estimate of drug-likeness (QED) is 0.239. The van der Waals surface area contributed by atoms with Crippen LogP contribution in [0.5, 0.6) is 5.75 Å². The van der Waals surface area contributed by atoms with Crippen molar-refractivity contribution in [3.05, 3.63) is 89.2 Å². The molecule has 0 saturated heterocycles. The Morgan fingerprint density at radius 3 is 2.67 bits per heavy atom. The first-order valence-electron chi connectivity index (χ1n) is 10.6. The molecule has 0 radical (unpaired) electrons. The monoisotopic (exact) mass is 476 g/mol. The molecule has 0 saturated carbocycles. The van der Waals surface area contributed by atoms with Crippen LogP contribution in [0.15, 0.2) is 82.4 Å². The zero-order valence-corrected chi connectivity index (χ0v) is 19.5. The van der Waals surface area contributed by atoms with Crippen molar-refractivity contribution in [3.63, 3.8) is 0 Å². The van der Waals surface area contributed by atoms with Crippen LogP contribution < -0.4 is 4.74 Å². The van der Waals surface area contributed by atoms with Crippen LogP contribution in [0.25, 0.3) is 22.5 Å². The number of halogens is 1. The van der Waals surface area contributed by atoms with E-state index >= 15 is 0 Å². The minimum Gasteiger partial charge on any atom is -0.493 e. The van der Waals surface area contributed by atoms with E-state index in [0.717, 1.165) is 28.2 Å². The Morgan fingerprint density at radius 1 is 1.00 bits per heavy atom. The smallest absolute Gasteiger partial charge is 0.277 e. The molecular weight excluding hydrogens is 456 g/mol. The van der Waals surface area contributed by atoms with Crippen LogP contribution in [0.2, 0.25) is 5.02 Å². The minimum atomic E-state index is 0.436. The lowest BCUT2D eigenvalue weighted by Gasteiger charge is -2.09. The molecule has 0 atom stereocenters. The number of imidazole rings is 1. The fourth-order valence-corrected chi connectivity index (χ4v) is 4.51. The number of thioether (sulfide) groups is 1. The van der Waals surface area contributed by atoms with E-state index in [1.54, 1.807) is 0 Å². The Hall–Kier alpha value is -3.29. The molecule has 3 aromatic carbocycles. The van der Waals surface area contributed by atoms with E-state index in [9.17, 15) is 0 Å². The highest BCUT2D eigenvalue weighted by molar-refractivity contribution is 7.98. The first-order chi connectivity index (χ1) is 16.2. The second-order valence-corrected chi connectivity index (χ2v) is 8.69. The molecule has 0 unspecified atom stereocenters. The normalized spacial score (nSPS) is 11.2. The van der Waals surface area contributed by atoms with E-state index in [0.29, 0.717) is 35.0 Å². The van der Waals surface area contributed by atoms with Crippen molar-refractivity contribution in [2.24, 2.45) is 0 Å². The maximum atomic E-state index is 6.21. The average Bonchev–Trinajstić information content (AvgIpc) is 3.43. The molecule has 0 aliphatic carbocycles. The van der Waals surface area contributed by atoms with Gasteiger partial charge in [0.2, 0.25) is 0 Å². The maximum Gasteiger partial charge on any atom is 0.277 e. The van der Waals surface area contributed by atoms with Crippen LogP contribution in [0.4, 0.5) is 0 Å². The van der Waals surface area contributed by atoms with Gasteiger partial charge in [0.25, 0.3) is 11.1 Å². The lowest BCUT2D eigenvalue weighted by atomic mass is 10.2. The summed E-state index contributed by atoms with van der Waals surface area (Å²) in [5.41, 5.74) is 3.89. The second-order valence-electron chi connectivity index (χ2n) is 7.32. The molecule has 0 aliphatic heterocycles. The summed E-state index contributed by atoms with van der Waals surface area (Å²) >= 11 is 7.67. The molecule has 0 amide bonds. The standard InChI is InChI=1S/C25H21ClN4O2S/c1-2-31-22-11-7-6-10-19(22)24-28-29-25(32-24)33-16-23-27-20-14-18(26)12-13-21(20)30(23)15-17-8-4-3-5-9-17/h3-14H,2,15-16H2,1H3. The fourth-order valence-electron chi connectivity index (χ4n) is 3.63. The first-order valence-corrected chi connectivity index (χ1v) is 11.9. The van der Waals surface area contributed by atoms with Crippen LogP contribution in [-0.2, 0) is 12.3 Å². The molecule has 2 heterocycles. The highest BCUT2D eigenvalue weighted by Gasteiger charge is 2.16. The molecule has 0 aliphatic rings. The maximum absolute atomic E-state index is 6.21. The van der Waals surface area contributed by atoms with E-state index in [2.05, 4.69) is 26.9 Å². The Labute approximate surface area is 200 Å². The van der Waals surface area contributed by atoms with Gasteiger partial charge in [-0.15, -0.1) is 10.2 Å². The Kier molecular flexibility index (Phi) is 6.32. The summed E-state index contributed by atoms with van der Waals surface area (Å²) in [5.74, 6) is 2.65. The minimum absolute atomic E-state index is 0.436. The van der Waals surface area contributed by atoms with Gasteiger partial charge in [0.1, 0.15) is 11.6 Å². The number of aromatic nitrogens is 4. The van der Waals surface area contributed by atoms with Crippen LogP contribution in [0.3, 0.4) is 0 Å². The zero-order valence-electron chi connectivity index (χ0n) is 17.9. The third-order valence-electron chi connectivity index (χ3n) is 5.12. The van der Waals surface area contributed by atoms with Crippen LogP contribution in [0, 0.1) is 0 Å². The summed E-state index contributed by atoms with van der Waals surface area (Å²) in [7, 11) is 0. The highest BCUT2D eigenvalue weighted by atomic mass is 35.5. The van der Waals surface area contributed by atoms with Crippen molar-refractivity contribution >= 4 is 34.4 Å². The summed E-state index contributed by atoms with van der Waals surface area (Å²) < 4.78 is 13.8. The van der Waals surface area contributed by atoms with Crippen molar-refractivity contribution in [3.8, 4) is 17.2 Å². The Bertz CT molecular complexity index is 1380. The van der Waals surface area contributed by atoms with Gasteiger partial charge in [-0.05, 0) is 42.8 Å². The van der Waals surface area contributed by atoms with Gasteiger partial charge in [0.05, 0.1) is 29.0 Å². The summed E-state index contributed by atoms with van der Waals surface area (Å²) in [6.07, 6.45) is 0. The van der Waals surface area contributed by atoms with Crippen LogP contribution >= 0.6 is 23.4 Å². The van der Waals surface area contributed by atoms with E-state index in [-0.39, 0.29) is 0 Å². The third kappa shape index (κ3) is 4.74. The molecule has 5 rings (SSSR count). The third-order valence-corrected chi connectivity index (χ3v) is 6.17. The lowest BCUT2D eigenvalue weighted by molar-refractivity contribution is 0.340. The van der Waals surface area contributed by atoms with E-state index < -0.39 is 0 Å². The van der Waals surface area contributed by atoms with Gasteiger partial charge < -0.3 is 13.7 Å². The number of ether oxygens (including phenoxy) is 1.